The van der Waals surface area contributed by atoms with Gasteiger partial charge in [-0.15, -0.1) is 0 Å². The zero-order valence-electron chi connectivity index (χ0n) is 16.5. The van der Waals surface area contributed by atoms with Crippen molar-refractivity contribution in [3.63, 3.8) is 0 Å². The van der Waals surface area contributed by atoms with Gasteiger partial charge in [0.2, 0.25) is 0 Å². The third-order valence-electron chi connectivity index (χ3n) is 4.89. The zero-order valence-corrected chi connectivity index (χ0v) is 16.5. The number of aromatic nitrogens is 4. The number of benzene rings is 2. The average molecular weight is 392 g/mol. The summed E-state index contributed by atoms with van der Waals surface area (Å²) < 4.78 is 17.7. The molecule has 0 amide bonds. The van der Waals surface area contributed by atoms with Crippen molar-refractivity contribution in [3.05, 3.63) is 92.6 Å². The largest absolute Gasteiger partial charge is 0.337 e. The van der Waals surface area contributed by atoms with E-state index in [9.17, 15) is 14.0 Å². The van der Waals surface area contributed by atoms with E-state index in [2.05, 4.69) is 4.98 Å². The molecule has 0 aliphatic heterocycles. The summed E-state index contributed by atoms with van der Waals surface area (Å²) in [6, 6.07) is 13.2. The molecule has 0 saturated heterocycles. The quantitative estimate of drug-likeness (QED) is 0.535. The second-order valence-corrected chi connectivity index (χ2v) is 7.40. The van der Waals surface area contributed by atoms with Crippen molar-refractivity contribution in [2.45, 2.75) is 33.4 Å². The molecular formula is C22H21FN4O2. The molecule has 0 radical (unpaired) electrons. The predicted molar refractivity (Wildman–Crippen MR) is 110 cm³/mol. The first-order chi connectivity index (χ1) is 13.9. The Morgan fingerprint density at radius 1 is 1.07 bits per heavy atom. The lowest BCUT2D eigenvalue weighted by Crippen LogP contribution is -2.41. The summed E-state index contributed by atoms with van der Waals surface area (Å²) in [7, 11) is 0. The van der Waals surface area contributed by atoms with Crippen LogP contribution in [0, 0.1) is 12.7 Å². The van der Waals surface area contributed by atoms with Gasteiger partial charge in [0.1, 0.15) is 5.82 Å². The molecule has 2 aromatic heterocycles. The van der Waals surface area contributed by atoms with E-state index in [1.807, 2.05) is 31.2 Å². The molecule has 2 aromatic carbocycles. The fourth-order valence-corrected chi connectivity index (χ4v) is 3.56. The van der Waals surface area contributed by atoms with E-state index in [4.69, 9.17) is 0 Å². The summed E-state index contributed by atoms with van der Waals surface area (Å²) in [5.41, 5.74) is 2.32. The number of imidazole rings is 1. The van der Waals surface area contributed by atoms with Crippen LogP contribution in [0.25, 0.3) is 16.9 Å². The Bertz CT molecular complexity index is 1310. The van der Waals surface area contributed by atoms with E-state index >= 15 is 0 Å². The highest BCUT2D eigenvalue weighted by molar-refractivity contribution is 5.72. The average Bonchev–Trinajstić information content (AvgIpc) is 3.06. The van der Waals surface area contributed by atoms with Crippen LogP contribution in [0.1, 0.15) is 31.0 Å². The lowest BCUT2D eigenvalue weighted by Gasteiger charge is -2.15. The highest BCUT2D eigenvalue weighted by Gasteiger charge is 2.20. The second-order valence-electron chi connectivity index (χ2n) is 7.40. The lowest BCUT2D eigenvalue weighted by molar-refractivity contribution is 0.538. The molecule has 0 fully saturated rings. The van der Waals surface area contributed by atoms with Crippen LogP contribution >= 0.6 is 0 Å². The molecule has 7 heteroatoms. The van der Waals surface area contributed by atoms with Gasteiger partial charge in [-0.25, -0.2) is 18.7 Å². The Morgan fingerprint density at radius 2 is 1.79 bits per heavy atom. The Balaban J connectivity index is 2.01. The zero-order chi connectivity index (χ0) is 20.7. The first-order valence-corrected chi connectivity index (χ1v) is 9.40. The van der Waals surface area contributed by atoms with Crippen molar-refractivity contribution >= 4 is 11.2 Å². The number of rotatable bonds is 4. The van der Waals surface area contributed by atoms with Gasteiger partial charge >= 0.3 is 5.69 Å². The molecular weight excluding hydrogens is 371 g/mol. The summed E-state index contributed by atoms with van der Waals surface area (Å²) in [5.74, 6) is -0.403. The van der Waals surface area contributed by atoms with Crippen LogP contribution in [0.4, 0.5) is 4.39 Å². The molecule has 29 heavy (non-hydrogen) atoms. The van der Waals surface area contributed by atoms with E-state index in [1.54, 1.807) is 24.7 Å². The predicted octanol–water partition coefficient (Wildman–Crippen LogP) is 3.43. The van der Waals surface area contributed by atoms with Gasteiger partial charge in [-0.05, 0) is 50.6 Å². The molecule has 4 aromatic rings. The van der Waals surface area contributed by atoms with E-state index < -0.39 is 11.5 Å². The molecule has 0 saturated carbocycles. The third kappa shape index (κ3) is 3.29. The minimum atomic E-state index is -0.495. The van der Waals surface area contributed by atoms with Crippen LogP contribution in [0.15, 0.2) is 64.4 Å². The summed E-state index contributed by atoms with van der Waals surface area (Å²) in [5, 5.41) is 0. The van der Waals surface area contributed by atoms with Crippen LogP contribution in [0.2, 0.25) is 0 Å². The molecule has 148 valence electrons. The maximum absolute atomic E-state index is 13.4. The summed E-state index contributed by atoms with van der Waals surface area (Å²) in [6.07, 6.45) is 1.57. The van der Waals surface area contributed by atoms with Crippen LogP contribution in [0.5, 0.6) is 0 Å². The normalized spacial score (nSPS) is 11.5. The molecule has 0 bridgehead atoms. The Morgan fingerprint density at radius 3 is 2.45 bits per heavy atom. The minimum absolute atomic E-state index is 0.260. The SMILES string of the molecule is Cc1cccc(Cn2cnc3c2c(=O)n(C(C)C)c(=O)n3-c2ccc(F)cc2)c1. The van der Waals surface area contributed by atoms with Crippen molar-refractivity contribution in [1.29, 1.82) is 0 Å². The van der Waals surface area contributed by atoms with E-state index in [0.29, 0.717) is 17.7 Å². The van der Waals surface area contributed by atoms with Gasteiger partial charge in [0, 0.05) is 12.6 Å². The number of hydrogen-bond acceptors (Lipinski definition) is 3. The fourth-order valence-electron chi connectivity index (χ4n) is 3.56. The number of aryl methyl sites for hydroxylation is 1. The smallest absolute Gasteiger partial charge is 0.320 e. The van der Waals surface area contributed by atoms with Crippen molar-refractivity contribution in [1.82, 2.24) is 18.7 Å². The van der Waals surface area contributed by atoms with Gasteiger partial charge < -0.3 is 4.57 Å². The molecule has 2 heterocycles. The summed E-state index contributed by atoms with van der Waals surface area (Å²) >= 11 is 0. The molecule has 0 atom stereocenters. The Hall–Kier alpha value is -3.48. The van der Waals surface area contributed by atoms with Gasteiger partial charge in [0.15, 0.2) is 11.2 Å². The van der Waals surface area contributed by atoms with E-state index in [1.165, 1.54) is 33.4 Å². The fraction of sp³-hybridized carbons (Fsp3) is 0.227. The monoisotopic (exact) mass is 392 g/mol. The standard InChI is InChI=1S/C22H21FN4O2/c1-14(2)26-21(28)19-20(27(22(26)29)18-9-7-17(23)8-10-18)24-13-25(19)12-16-6-4-5-15(3)11-16/h4-11,13-14H,12H2,1-3H3. The molecule has 4 rings (SSSR count). The first-order valence-electron chi connectivity index (χ1n) is 9.40. The van der Waals surface area contributed by atoms with Crippen molar-refractivity contribution in [2.75, 3.05) is 0 Å². The van der Waals surface area contributed by atoms with Crippen LogP contribution in [-0.4, -0.2) is 18.7 Å². The van der Waals surface area contributed by atoms with Crippen LogP contribution in [0.3, 0.4) is 0 Å². The Kier molecular flexibility index (Phi) is 4.66. The van der Waals surface area contributed by atoms with Gasteiger partial charge in [0.05, 0.1) is 12.0 Å². The van der Waals surface area contributed by atoms with Crippen LogP contribution in [-0.2, 0) is 6.54 Å². The lowest BCUT2D eigenvalue weighted by atomic mass is 10.1. The molecule has 0 N–H and O–H groups in total. The number of nitrogens with zero attached hydrogens (tertiary/aromatic N) is 4. The van der Waals surface area contributed by atoms with Crippen molar-refractivity contribution < 1.29 is 4.39 Å². The molecule has 0 aliphatic carbocycles. The minimum Gasteiger partial charge on any atom is -0.320 e. The topological polar surface area (TPSA) is 61.8 Å². The molecule has 0 aliphatic rings. The summed E-state index contributed by atoms with van der Waals surface area (Å²) in [4.78, 5) is 30.7. The maximum atomic E-state index is 13.4. The van der Waals surface area contributed by atoms with Crippen molar-refractivity contribution in [2.24, 2.45) is 0 Å². The third-order valence-corrected chi connectivity index (χ3v) is 4.89. The number of halogens is 1. The number of hydrogen-bond donors (Lipinski definition) is 0. The van der Waals surface area contributed by atoms with Crippen molar-refractivity contribution in [3.8, 4) is 5.69 Å². The molecule has 6 nitrogen and oxygen atoms in total. The van der Waals surface area contributed by atoms with Gasteiger partial charge in [-0.3, -0.25) is 9.36 Å². The van der Waals surface area contributed by atoms with Crippen LogP contribution < -0.4 is 11.2 Å². The number of fused-ring (bicyclic) bond motifs is 1. The summed E-state index contributed by atoms with van der Waals surface area (Å²) in [6.45, 7) is 6.02. The second kappa shape index (κ2) is 7.16. The first kappa shape index (κ1) is 18.9. The molecule has 0 spiro atoms. The Labute approximate surface area is 166 Å². The highest BCUT2D eigenvalue weighted by atomic mass is 19.1. The highest BCUT2D eigenvalue weighted by Crippen LogP contribution is 2.16. The van der Waals surface area contributed by atoms with E-state index in [0.717, 1.165) is 11.1 Å². The van der Waals surface area contributed by atoms with Gasteiger partial charge in [-0.2, -0.15) is 0 Å². The molecule has 0 unspecified atom stereocenters. The van der Waals surface area contributed by atoms with E-state index in [-0.39, 0.29) is 17.2 Å². The van der Waals surface area contributed by atoms with Gasteiger partial charge in [0.25, 0.3) is 5.56 Å². The van der Waals surface area contributed by atoms with Gasteiger partial charge in [-0.1, -0.05) is 29.8 Å². The maximum Gasteiger partial charge on any atom is 0.337 e.